The van der Waals surface area contributed by atoms with Crippen LogP contribution in [0.1, 0.15) is 5.56 Å². The normalized spacial score (nSPS) is 10.7. The van der Waals surface area contributed by atoms with Crippen molar-refractivity contribution in [2.45, 2.75) is 0 Å². The first-order valence-corrected chi connectivity index (χ1v) is 4.63. The van der Waals surface area contributed by atoms with E-state index in [4.69, 9.17) is 0 Å². The van der Waals surface area contributed by atoms with Gasteiger partial charge in [0, 0.05) is 24.9 Å². The number of aliphatic imine (C=N–C) groups is 1. The average molecular weight is 207 g/mol. The van der Waals surface area contributed by atoms with Crippen molar-refractivity contribution in [3.8, 4) is 0 Å². The Labute approximate surface area is 88.0 Å². The van der Waals surface area contributed by atoms with Crippen LogP contribution in [0.15, 0.2) is 29.3 Å². The Balaban J connectivity index is 2.56. The number of rotatable bonds is 5. The Hall–Kier alpha value is -1.75. The largest absolute Gasteiger partial charge is 0.318 e. The molecule has 0 amide bonds. The lowest BCUT2D eigenvalue weighted by Gasteiger charge is -1.94. The van der Waals surface area contributed by atoms with Crippen LogP contribution in [0.25, 0.3) is 0 Å². The van der Waals surface area contributed by atoms with Crippen LogP contribution in [0.2, 0.25) is 0 Å². The molecule has 1 aromatic carbocycles. The molecule has 1 rings (SSSR count). The molecule has 0 unspecified atom stereocenters. The van der Waals surface area contributed by atoms with E-state index in [2.05, 4.69) is 10.3 Å². The standard InChI is InChI=1S/C10H13N3O2/c1-11-6-7-12-8-9-2-4-10(5-3-9)13(14)15/h2-5,8,11H,6-7H2,1H3. The Morgan fingerprint density at radius 2 is 2.13 bits per heavy atom. The first kappa shape index (κ1) is 11.3. The molecule has 0 aromatic heterocycles. The van der Waals surface area contributed by atoms with Crippen molar-refractivity contribution in [2.24, 2.45) is 4.99 Å². The van der Waals surface area contributed by atoms with Crippen LogP contribution in [0.5, 0.6) is 0 Å². The maximum absolute atomic E-state index is 10.4. The SMILES string of the molecule is CNCCN=Cc1ccc([N+](=O)[O-])cc1. The second-order valence-electron chi connectivity index (χ2n) is 2.99. The predicted octanol–water partition coefficient (Wildman–Crippen LogP) is 1.23. The monoisotopic (exact) mass is 207 g/mol. The number of hydrogen-bond donors (Lipinski definition) is 1. The maximum Gasteiger partial charge on any atom is 0.269 e. The lowest BCUT2D eigenvalue weighted by Crippen LogP contribution is -2.10. The number of nitrogens with one attached hydrogen (secondary N) is 1. The highest BCUT2D eigenvalue weighted by molar-refractivity contribution is 5.79. The van der Waals surface area contributed by atoms with Gasteiger partial charge in [0.15, 0.2) is 0 Å². The molecule has 15 heavy (non-hydrogen) atoms. The zero-order chi connectivity index (χ0) is 11.1. The second kappa shape index (κ2) is 5.87. The Bertz CT molecular complexity index is 346. The van der Waals surface area contributed by atoms with Crippen molar-refractivity contribution in [1.82, 2.24) is 5.32 Å². The molecule has 0 fully saturated rings. The maximum atomic E-state index is 10.4. The van der Waals surface area contributed by atoms with Gasteiger partial charge in [0.05, 0.1) is 11.5 Å². The number of nitrogens with zero attached hydrogens (tertiary/aromatic N) is 2. The van der Waals surface area contributed by atoms with E-state index in [1.807, 2.05) is 7.05 Å². The van der Waals surface area contributed by atoms with Gasteiger partial charge in [0.1, 0.15) is 0 Å². The van der Waals surface area contributed by atoms with Crippen LogP contribution in [0.4, 0.5) is 5.69 Å². The van der Waals surface area contributed by atoms with E-state index < -0.39 is 4.92 Å². The summed E-state index contributed by atoms with van der Waals surface area (Å²) in [4.78, 5) is 14.1. The van der Waals surface area contributed by atoms with Crippen LogP contribution in [0, 0.1) is 10.1 Å². The van der Waals surface area contributed by atoms with Gasteiger partial charge in [0.25, 0.3) is 5.69 Å². The summed E-state index contributed by atoms with van der Waals surface area (Å²) in [7, 11) is 1.86. The van der Waals surface area contributed by atoms with Crippen LogP contribution < -0.4 is 5.32 Å². The molecule has 1 N–H and O–H groups in total. The molecule has 0 saturated carbocycles. The molecule has 0 aliphatic heterocycles. The number of benzene rings is 1. The van der Waals surface area contributed by atoms with E-state index >= 15 is 0 Å². The Morgan fingerprint density at radius 3 is 2.67 bits per heavy atom. The van der Waals surface area contributed by atoms with Crippen LogP contribution >= 0.6 is 0 Å². The van der Waals surface area contributed by atoms with Crippen molar-refractivity contribution in [3.63, 3.8) is 0 Å². The molecule has 0 atom stereocenters. The minimum absolute atomic E-state index is 0.0994. The van der Waals surface area contributed by atoms with Gasteiger partial charge in [-0.2, -0.15) is 0 Å². The zero-order valence-electron chi connectivity index (χ0n) is 8.51. The lowest BCUT2D eigenvalue weighted by atomic mass is 10.2. The molecule has 80 valence electrons. The molecular formula is C10H13N3O2. The van der Waals surface area contributed by atoms with Gasteiger partial charge in [-0.1, -0.05) is 0 Å². The molecule has 0 aliphatic rings. The third kappa shape index (κ3) is 3.86. The molecule has 5 nitrogen and oxygen atoms in total. The van der Waals surface area contributed by atoms with Crippen LogP contribution in [-0.4, -0.2) is 31.3 Å². The second-order valence-corrected chi connectivity index (χ2v) is 2.99. The van der Waals surface area contributed by atoms with E-state index in [-0.39, 0.29) is 5.69 Å². The molecule has 0 saturated heterocycles. The van der Waals surface area contributed by atoms with Crippen LogP contribution in [0.3, 0.4) is 0 Å². The van der Waals surface area contributed by atoms with E-state index in [9.17, 15) is 10.1 Å². The summed E-state index contributed by atoms with van der Waals surface area (Å²) in [6.07, 6.45) is 1.71. The Kier molecular flexibility index (Phi) is 4.43. The van der Waals surface area contributed by atoms with Crippen LogP contribution in [-0.2, 0) is 0 Å². The van der Waals surface area contributed by atoms with Gasteiger partial charge in [-0.3, -0.25) is 15.1 Å². The fraction of sp³-hybridized carbons (Fsp3) is 0.300. The molecule has 0 bridgehead atoms. The molecule has 0 aliphatic carbocycles. The molecule has 0 radical (unpaired) electrons. The highest BCUT2D eigenvalue weighted by Gasteiger charge is 2.01. The average Bonchev–Trinajstić information content (AvgIpc) is 2.25. The van der Waals surface area contributed by atoms with Crippen molar-refractivity contribution < 1.29 is 4.92 Å². The zero-order valence-corrected chi connectivity index (χ0v) is 8.51. The summed E-state index contributed by atoms with van der Waals surface area (Å²) >= 11 is 0. The predicted molar refractivity (Wildman–Crippen MR) is 59.5 cm³/mol. The first-order valence-electron chi connectivity index (χ1n) is 4.63. The fourth-order valence-electron chi connectivity index (χ4n) is 1.03. The quantitative estimate of drug-likeness (QED) is 0.342. The Morgan fingerprint density at radius 1 is 1.47 bits per heavy atom. The van der Waals surface area contributed by atoms with Gasteiger partial charge in [-0.05, 0) is 24.7 Å². The molecule has 0 spiro atoms. The van der Waals surface area contributed by atoms with Gasteiger partial charge in [-0.25, -0.2) is 0 Å². The molecule has 0 heterocycles. The molecule has 5 heteroatoms. The number of nitro benzene ring substituents is 1. The third-order valence-electron chi connectivity index (χ3n) is 1.84. The van der Waals surface area contributed by atoms with Crippen molar-refractivity contribution >= 4 is 11.9 Å². The molecular weight excluding hydrogens is 194 g/mol. The summed E-state index contributed by atoms with van der Waals surface area (Å²) in [6, 6.07) is 6.31. The minimum Gasteiger partial charge on any atom is -0.318 e. The van der Waals surface area contributed by atoms with Gasteiger partial charge in [-0.15, -0.1) is 0 Å². The van der Waals surface area contributed by atoms with Crippen molar-refractivity contribution in [1.29, 1.82) is 0 Å². The van der Waals surface area contributed by atoms with Gasteiger partial charge in [0.2, 0.25) is 0 Å². The highest BCUT2D eigenvalue weighted by Crippen LogP contribution is 2.10. The van der Waals surface area contributed by atoms with E-state index in [1.165, 1.54) is 12.1 Å². The fourth-order valence-corrected chi connectivity index (χ4v) is 1.03. The highest BCUT2D eigenvalue weighted by atomic mass is 16.6. The topological polar surface area (TPSA) is 67.5 Å². The van der Waals surface area contributed by atoms with Gasteiger partial charge < -0.3 is 5.32 Å². The van der Waals surface area contributed by atoms with Crippen molar-refractivity contribution in [2.75, 3.05) is 20.1 Å². The lowest BCUT2D eigenvalue weighted by molar-refractivity contribution is -0.384. The molecule has 1 aromatic rings. The summed E-state index contributed by atoms with van der Waals surface area (Å²) in [6.45, 7) is 1.52. The van der Waals surface area contributed by atoms with Crippen molar-refractivity contribution in [3.05, 3.63) is 39.9 Å². The number of hydrogen-bond acceptors (Lipinski definition) is 4. The minimum atomic E-state index is -0.415. The first-order chi connectivity index (χ1) is 7.24. The third-order valence-corrected chi connectivity index (χ3v) is 1.84. The van der Waals surface area contributed by atoms with E-state index in [0.29, 0.717) is 6.54 Å². The van der Waals surface area contributed by atoms with Gasteiger partial charge >= 0.3 is 0 Å². The summed E-state index contributed by atoms with van der Waals surface area (Å²) in [5.74, 6) is 0. The smallest absolute Gasteiger partial charge is 0.269 e. The number of non-ortho nitro benzene ring substituents is 1. The van der Waals surface area contributed by atoms with E-state index in [0.717, 1.165) is 12.1 Å². The summed E-state index contributed by atoms with van der Waals surface area (Å²) < 4.78 is 0. The summed E-state index contributed by atoms with van der Waals surface area (Å²) in [5, 5.41) is 13.4. The number of nitro groups is 1. The van der Waals surface area contributed by atoms with E-state index in [1.54, 1.807) is 18.3 Å². The number of likely N-dealkylation sites (N-methyl/N-ethyl adjacent to an activating group) is 1. The summed E-state index contributed by atoms with van der Waals surface area (Å²) in [5.41, 5.74) is 0.971.